The number of aliphatic hydroxyl groups is 1. The number of hydrogen-bond donors (Lipinski definition) is 1. The molecule has 0 saturated carbocycles. The summed E-state index contributed by atoms with van der Waals surface area (Å²) < 4.78 is 0. The first-order chi connectivity index (χ1) is 8.84. The number of para-hydroxylation sites is 2. The Morgan fingerprint density at radius 2 is 1.11 bits per heavy atom. The van der Waals surface area contributed by atoms with Gasteiger partial charge < -0.3 is 5.11 Å². The third-order valence-electron chi connectivity index (χ3n) is 2.27. The maximum absolute atomic E-state index is 9.67. The monoisotopic (exact) mass is 238 g/mol. The van der Waals surface area contributed by atoms with E-state index in [4.69, 9.17) is 0 Å². The van der Waals surface area contributed by atoms with Gasteiger partial charge in [-0.3, -0.25) is 9.98 Å². The van der Waals surface area contributed by atoms with Crippen LogP contribution in [0.5, 0.6) is 0 Å². The van der Waals surface area contributed by atoms with Crippen LogP contribution in [0.15, 0.2) is 70.6 Å². The molecule has 0 aliphatic rings. The summed E-state index contributed by atoms with van der Waals surface area (Å²) in [6.07, 6.45) is 2.13. The molecular formula is C15H14N2O. The number of aliphatic imine (C=N–C) groups is 2. The van der Waals surface area contributed by atoms with Crippen molar-refractivity contribution in [3.05, 3.63) is 60.7 Å². The van der Waals surface area contributed by atoms with Crippen molar-refractivity contribution in [2.75, 3.05) is 0 Å². The highest BCUT2D eigenvalue weighted by molar-refractivity contribution is 5.88. The molecule has 0 aromatic heterocycles. The molecule has 0 aliphatic heterocycles. The Bertz CT molecular complexity index is 471. The van der Waals surface area contributed by atoms with Crippen LogP contribution in [0.1, 0.15) is 0 Å². The number of benzene rings is 2. The van der Waals surface area contributed by atoms with E-state index in [1.165, 1.54) is 12.4 Å². The largest absolute Gasteiger partial charge is 0.382 e. The first kappa shape index (κ1) is 12.2. The Morgan fingerprint density at radius 3 is 1.50 bits per heavy atom. The van der Waals surface area contributed by atoms with Gasteiger partial charge in [-0.1, -0.05) is 36.4 Å². The Morgan fingerprint density at radius 1 is 0.722 bits per heavy atom. The van der Waals surface area contributed by atoms with Crippen molar-refractivity contribution >= 4 is 23.8 Å². The smallest absolute Gasteiger partial charge is 0.124 e. The van der Waals surface area contributed by atoms with E-state index in [9.17, 15) is 5.11 Å². The molecule has 0 fully saturated rings. The summed E-state index contributed by atoms with van der Waals surface area (Å²) >= 11 is 0. The van der Waals surface area contributed by atoms with Gasteiger partial charge in [-0.2, -0.15) is 0 Å². The fraction of sp³-hybridized carbons (Fsp3) is 0.0667. The lowest BCUT2D eigenvalue weighted by atomic mass is 10.3. The van der Waals surface area contributed by atoms with Crippen LogP contribution in [0.3, 0.4) is 0 Å². The van der Waals surface area contributed by atoms with Crippen molar-refractivity contribution in [1.29, 1.82) is 0 Å². The average Bonchev–Trinajstić information content (AvgIpc) is 2.45. The second kappa shape index (κ2) is 6.47. The fourth-order valence-electron chi connectivity index (χ4n) is 1.39. The van der Waals surface area contributed by atoms with E-state index < -0.39 is 6.10 Å². The zero-order chi connectivity index (χ0) is 12.6. The molecule has 18 heavy (non-hydrogen) atoms. The van der Waals surface area contributed by atoms with Gasteiger partial charge in [0, 0.05) is 12.4 Å². The lowest BCUT2D eigenvalue weighted by molar-refractivity contribution is 0.315. The predicted octanol–water partition coefficient (Wildman–Crippen LogP) is 3.15. The van der Waals surface area contributed by atoms with Gasteiger partial charge in [0.15, 0.2) is 0 Å². The minimum Gasteiger partial charge on any atom is -0.382 e. The highest BCUT2D eigenvalue weighted by atomic mass is 16.3. The summed E-state index contributed by atoms with van der Waals surface area (Å²) in [5, 5.41) is 9.67. The Balaban J connectivity index is 1.95. The van der Waals surface area contributed by atoms with Gasteiger partial charge in [0.2, 0.25) is 0 Å². The molecule has 2 aromatic rings. The minimum absolute atomic E-state index is 0.787. The third kappa shape index (κ3) is 3.96. The molecule has 1 N–H and O–H groups in total. The van der Waals surface area contributed by atoms with E-state index >= 15 is 0 Å². The molecule has 0 amide bonds. The highest BCUT2D eigenvalue weighted by Gasteiger charge is 1.94. The third-order valence-corrected chi connectivity index (χ3v) is 2.27. The molecule has 0 atom stereocenters. The molecule has 0 heterocycles. The van der Waals surface area contributed by atoms with Crippen molar-refractivity contribution < 1.29 is 5.11 Å². The van der Waals surface area contributed by atoms with E-state index in [1.807, 2.05) is 60.7 Å². The molecule has 3 heteroatoms. The fourth-order valence-corrected chi connectivity index (χ4v) is 1.39. The normalized spacial score (nSPS) is 11.7. The van der Waals surface area contributed by atoms with Crippen LogP contribution in [0.25, 0.3) is 0 Å². The van der Waals surface area contributed by atoms with Crippen molar-refractivity contribution in [3.8, 4) is 0 Å². The van der Waals surface area contributed by atoms with Crippen LogP contribution < -0.4 is 0 Å². The molecule has 3 nitrogen and oxygen atoms in total. The minimum atomic E-state index is -0.787. The predicted molar refractivity (Wildman–Crippen MR) is 75.2 cm³/mol. The molecule has 0 spiro atoms. The number of aliphatic hydroxyl groups excluding tert-OH is 1. The van der Waals surface area contributed by atoms with Crippen LogP contribution >= 0.6 is 0 Å². The topological polar surface area (TPSA) is 45.0 Å². The SMILES string of the molecule is OC(/C=N/c1ccccc1)/C=N/c1ccccc1. The maximum Gasteiger partial charge on any atom is 0.124 e. The average molecular weight is 238 g/mol. The first-order valence-electron chi connectivity index (χ1n) is 5.71. The lowest BCUT2D eigenvalue weighted by Crippen LogP contribution is -2.08. The van der Waals surface area contributed by atoms with Gasteiger partial charge in [-0.05, 0) is 24.3 Å². The van der Waals surface area contributed by atoms with Crippen LogP contribution in [0.4, 0.5) is 11.4 Å². The summed E-state index contributed by atoms with van der Waals surface area (Å²) in [5.74, 6) is 0. The van der Waals surface area contributed by atoms with Crippen LogP contribution in [-0.4, -0.2) is 23.6 Å². The molecule has 0 unspecified atom stereocenters. The summed E-state index contributed by atoms with van der Waals surface area (Å²) in [6, 6.07) is 18.9. The van der Waals surface area contributed by atoms with Crippen LogP contribution in [0, 0.1) is 0 Å². The van der Waals surface area contributed by atoms with Crippen molar-refractivity contribution in [2.24, 2.45) is 9.98 Å². The quantitative estimate of drug-likeness (QED) is 0.817. The molecule has 2 aromatic carbocycles. The zero-order valence-electron chi connectivity index (χ0n) is 9.85. The summed E-state index contributed by atoms with van der Waals surface area (Å²) in [4.78, 5) is 8.30. The summed E-state index contributed by atoms with van der Waals surface area (Å²) in [6.45, 7) is 0. The summed E-state index contributed by atoms with van der Waals surface area (Å²) in [7, 11) is 0. The van der Waals surface area contributed by atoms with E-state index in [0.29, 0.717) is 0 Å². The van der Waals surface area contributed by atoms with Crippen molar-refractivity contribution in [2.45, 2.75) is 6.10 Å². The summed E-state index contributed by atoms with van der Waals surface area (Å²) in [5.41, 5.74) is 1.62. The number of rotatable bonds is 4. The van der Waals surface area contributed by atoms with Crippen LogP contribution in [0.2, 0.25) is 0 Å². The molecule has 0 bridgehead atoms. The Hall–Kier alpha value is -2.26. The highest BCUT2D eigenvalue weighted by Crippen LogP contribution is 2.10. The van der Waals surface area contributed by atoms with Gasteiger partial charge in [-0.25, -0.2) is 0 Å². The Labute approximate surface area is 106 Å². The van der Waals surface area contributed by atoms with E-state index in [1.54, 1.807) is 0 Å². The Kier molecular flexibility index (Phi) is 4.39. The van der Waals surface area contributed by atoms with Gasteiger partial charge in [0.1, 0.15) is 6.10 Å². The molecule has 2 rings (SSSR count). The van der Waals surface area contributed by atoms with Crippen molar-refractivity contribution in [1.82, 2.24) is 0 Å². The number of nitrogens with zero attached hydrogens (tertiary/aromatic N) is 2. The second-order valence-electron chi connectivity index (χ2n) is 3.72. The molecular weight excluding hydrogens is 224 g/mol. The first-order valence-corrected chi connectivity index (χ1v) is 5.71. The number of hydrogen-bond acceptors (Lipinski definition) is 3. The zero-order valence-corrected chi connectivity index (χ0v) is 9.85. The van der Waals surface area contributed by atoms with Gasteiger partial charge in [-0.15, -0.1) is 0 Å². The lowest BCUT2D eigenvalue weighted by Gasteiger charge is -1.97. The molecule has 0 radical (unpaired) electrons. The van der Waals surface area contributed by atoms with E-state index in [2.05, 4.69) is 9.98 Å². The van der Waals surface area contributed by atoms with Crippen LogP contribution in [-0.2, 0) is 0 Å². The second-order valence-corrected chi connectivity index (χ2v) is 3.72. The van der Waals surface area contributed by atoms with Crippen molar-refractivity contribution in [3.63, 3.8) is 0 Å². The standard InChI is InChI=1S/C15H14N2O/c18-15(11-16-13-7-3-1-4-8-13)12-17-14-9-5-2-6-10-14/h1-12,15,18H/b16-11+,17-12+. The maximum atomic E-state index is 9.67. The van der Waals surface area contributed by atoms with Gasteiger partial charge in [0.25, 0.3) is 0 Å². The van der Waals surface area contributed by atoms with E-state index in [-0.39, 0.29) is 0 Å². The van der Waals surface area contributed by atoms with Gasteiger partial charge >= 0.3 is 0 Å². The van der Waals surface area contributed by atoms with E-state index in [0.717, 1.165) is 11.4 Å². The molecule has 0 saturated heterocycles. The van der Waals surface area contributed by atoms with Gasteiger partial charge in [0.05, 0.1) is 11.4 Å². The molecule has 90 valence electrons. The molecule has 0 aliphatic carbocycles.